The number of likely N-dealkylation sites (N-methyl/N-ethyl adjacent to an activating group) is 1. The van der Waals surface area contributed by atoms with Crippen LogP contribution in [0.1, 0.15) is 37.4 Å². The smallest absolute Gasteiger partial charge is 0.242 e. The van der Waals surface area contributed by atoms with Crippen molar-refractivity contribution in [3.8, 4) is 23.0 Å². The maximum Gasteiger partial charge on any atom is 0.242 e. The van der Waals surface area contributed by atoms with Crippen LogP contribution in [0.5, 0.6) is 0 Å². The number of aromatic nitrogens is 3. The number of anilines is 2. The Hall–Kier alpha value is -3.76. The molecular weight excluding hydrogens is 412 g/mol. The fraction of sp³-hybridized carbons (Fsp3) is 0.308. The van der Waals surface area contributed by atoms with Gasteiger partial charge < -0.3 is 15.5 Å². The van der Waals surface area contributed by atoms with Crippen molar-refractivity contribution < 1.29 is 4.79 Å². The molecule has 7 nitrogen and oxygen atoms in total. The third-order valence-electron chi connectivity index (χ3n) is 5.66. The van der Waals surface area contributed by atoms with Gasteiger partial charge in [-0.2, -0.15) is 0 Å². The average molecular weight is 441 g/mol. The third kappa shape index (κ3) is 5.73. The highest BCUT2D eigenvalue weighted by atomic mass is 16.2. The molecule has 0 saturated carbocycles. The highest BCUT2D eigenvalue weighted by Crippen LogP contribution is 2.24. The SMILES string of the molecule is CNC(C)C(=O)Nc1ccc(-c2cnc(N3CCCCC3)nc2)c(C#Cc2ccccc2)n1. The molecular formula is C26H28N6O. The number of hydrogen-bond donors (Lipinski definition) is 2. The van der Waals surface area contributed by atoms with Crippen LogP contribution < -0.4 is 15.5 Å². The summed E-state index contributed by atoms with van der Waals surface area (Å²) in [5, 5.41) is 5.77. The predicted octanol–water partition coefficient (Wildman–Crippen LogP) is 3.48. The van der Waals surface area contributed by atoms with Gasteiger partial charge in [-0.05, 0) is 63.4 Å². The minimum absolute atomic E-state index is 0.158. The summed E-state index contributed by atoms with van der Waals surface area (Å²) in [6.45, 7) is 3.78. The van der Waals surface area contributed by atoms with Crippen molar-refractivity contribution >= 4 is 17.7 Å². The van der Waals surface area contributed by atoms with Crippen LogP contribution in [-0.2, 0) is 4.79 Å². The van der Waals surface area contributed by atoms with Crippen LogP contribution >= 0.6 is 0 Å². The first-order chi connectivity index (χ1) is 16.1. The second-order valence-corrected chi connectivity index (χ2v) is 8.03. The van der Waals surface area contributed by atoms with Crippen LogP contribution in [0.3, 0.4) is 0 Å². The molecule has 1 aliphatic heterocycles. The van der Waals surface area contributed by atoms with Crippen molar-refractivity contribution in [1.82, 2.24) is 20.3 Å². The molecule has 33 heavy (non-hydrogen) atoms. The summed E-state index contributed by atoms with van der Waals surface area (Å²) in [7, 11) is 1.74. The molecule has 0 aliphatic carbocycles. The van der Waals surface area contributed by atoms with Crippen molar-refractivity contribution in [2.75, 3.05) is 30.4 Å². The van der Waals surface area contributed by atoms with Crippen molar-refractivity contribution in [3.05, 3.63) is 66.1 Å². The maximum absolute atomic E-state index is 12.3. The van der Waals surface area contributed by atoms with E-state index in [2.05, 4.69) is 42.3 Å². The van der Waals surface area contributed by atoms with Gasteiger partial charge in [0.25, 0.3) is 0 Å². The highest BCUT2D eigenvalue weighted by Gasteiger charge is 2.16. The Kier molecular flexibility index (Phi) is 7.28. The van der Waals surface area contributed by atoms with Gasteiger partial charge in [0.15, 0.2) is 0 Å². The molecule has 4 rings (SSSR count). The Balaban J connectivity index is 1.66. The number of amides is 1. The first-order valence-electron chi connectivity index (χ1n) is 11.3. The molecule has 1 fully saturated rings. The Bertz CT molecular complexity index is 1140. The molecule has 2 aromatic heterocycles. The van der Waals surface area contributed by atoms with Gasteiger partial charge in [0, 0.05) is 42.2 Å². The number of rotatable bonds is 5. The van der Waals surface area contributed by atoms with Gasteiger partial charge in [-0.15, -0.1) is 0 Å². The lowest BCUT2D eigenvalue weighted by Gasteiger charge is -2.26. The molecule has 0 spiro atoms. The van der Waals surface area contributed by atoms with Gasteiger partial charge >= 0.3 is 0 Å². The largest absolute Gasteiger partial charge is 0.341 e. The van der Waals surface area contributed by atoms with Crippen LogP contribution in [0.15, 0.2) is 54.9 Å². The van der Waals surface area contributed by atoms with Gasteiger partial charge in [-0.1, -0.05) is 24.1 Å². The lowest BCUT2D eigenvalue weighted by molar-refractivity contribution is -0.117. The maximum atomic E-state index is 12.3. The standard InChI is InChI=1S/C26H28N6O/c1-19(27-2)25(33)31-24-14-12-22(23(30-24)13-11-20-9-5-3-6-10-20)21-17-28-26(29-18-21)32-15-7-4-8-16-32/h3,5-6,9-10,12,14,17-19,27H,4,7-8,15-16H2,1-2H3,(H,30,31,33). The molecule has 1 amide bonds. The molecule has 0 radical (unpaired) electrons. The molecule has 1 aromatic carbocycles. The van der Waals surface area contributed by atoms with Crippen molar-refractivity contribution in [1.29, 1.82) is 0 Å². The second-order valence-electron chi connectivity index (χ2n) is 8.03. The predicted molar refractivity (Wildman–Crippen MR) is 131 cm³/mol. The molecule has 1 saturated heterocycles. The van der Waals surface area contributed by atoms with E-state index in [1.165, 1.54) is 19.3 Å². The van der Waals surface area contributed by atoms with E-state index in [1.807, 2.05) is 48.8 Å². The number of carbonyl (C=O) groups is 1. The van der Waals surface area contributed by atoms with E-state index in [1.54, 1.807) is 20.0 Å². The number of piperidine rings is 1. The first-order valence-corrected chi connectivity index (χ1v) is 11.3. The Morgan fingerprint density at radius 1 is 1.00 bits per heavy atom. The lowest BCUT2D eigenvalue weighted by Crippen LogP contribution is -2.35. The Morgan fingerprint density at radius 3 is 2.42 bits per heavy atom. The molecule has 2 N–H and O–H groups in total. The number of carbonyl (C=O) groups excluding carboxylic acids is 1. The topological polar surface area (TPSA) is 83.0 Å². The van der Waals surface area contributed by atoms with Gasteiger partial charge in [-0.25, -0.2) is 15.0 Å². The Morgan fingerprint density at radius 2 is 1.73 bits per heavy atom. The zero-order valence-corrected chi connectivity index (χ0v) is 19.0. The molecule has 1 unspecified atom stereocenters. The van der Waals surface area contributed by atoms with Gasteiger partial charge in [0.1, 0.15) is 11.5 Å². The normalized spacial score (nSPS) is 14.2. The summed E-state index contributed by atoms with van der Waals surface area (Å²) in [6, 6.07) is 13.1. The van der Waals surface area contributed by atoms with Gasteiger partial charge in [0.05, 0.1) is 6.04 Å². The van der Waals surface area contributed by atoms with E-state index in [0.717, 1.165) is 35.7 Å². The second kappa shape index (κ2) is 10.7. The van der Waals surface area contributed by atoms with Crippen molar-refractivity contribution in [3.63, 3.8) is 0 Å². The van der Waals surface area contributed by atoms with Crippen molar-refractivity contribution in [2.45, 2.75) is 32.2 Å². The summed E-state index contributed by atoms with van der Waals surface area (Å²) in [4.78, 5) is 28.4. The number of nitrogens with one attached hydrogen (secondary N) is 2. The van der Waals surface area contributed by atoms with E-state index in [9.17, 15) is 4.79 Å². The average Bonchev–Trinajstić information content (AvgIpc) is 2.88. The molecule has 1 aliphatic rings. The first kappa shape index (κ1) is 22.4. The lowest BCUT2D eigenvalue weighted by atomic mass is 10.1. The highest BCUT2D eigenvalue weighted by molar-refractivity contribution is 5.94. The molecule has 3 heterocycles. The monoisotopic (exact) mass is 440 g/mol. The fourth-order valence-corrected chi connectivity index (χ4v) is 3.59. The van der Waals surface area contributed by atoms with Crippen LogP contribution in [0.4, 0.5) is 11.8 Å². The third-order valence-corrected chi connectivity index (χ3v) is 5.66. The summed E-state index contributed by atoms with van der Waals surface area (Å²) < 4.78 is 0. The zero-order chi connectivity index (χ0) is 23.0. The van der Waals surface area contributed by atoms with E-state index < -0.39 is 0 Å². The number of nitrogens with zero attached hydrogens (tertiary/aromatic N) is 4. The zero-order valence-electron chi connectivity index (χ0n) is 19.0. The van der Waals surface area contributed by atoms with E-state index in [-0.39, 0.29) is 11.9 Å². The summed E-state index contributed by atoms with van der Waals surface area (Å²) in [5.74, 6) is 7.38. The molecule has 7 heteroatoms. The van der Waals surface area contributed by atoms with Crippen LogP contribution in [-0.4, -0.2) is 47.0 Å². The number of benzene rings is 1. The molecule has 1 atom stereocenters. The van der Waals surface area contributed by atoms with E-state index in [4.69, 9.17) is 0 Å². The minimum Gasteiger partial charge on any atom is -0.341 e. The molecule has 168 valence electrons. The summed E-state index contributed by atoms with van der Waals surface area (Å²) in [6.07, 6.45) is 7.26. The van der Waals surface area contributed by atoms with Crippen LogP contribution in [0.2, 0.25) is 0 Å². The van der Waals surface area contributed by atoms with Crippen LogP contribution in [0.25, 0.3) is 11.1 Å². The van der Waals surface area contributed by atoms with Crippen LogP contribution in [0, 0.1) is 11.8 Å². The quantitative estimate of drug-likeness (QED) is 0.591. The minimum atomic E-state index is -0.332. The number of pyridine rings is 1. The summed E-state index contributed by atoms with van der Waals surface area (Å²) >= 11 is 0. The van der Waals surface area contributed by atoms with E-state index in [0.29, 0.717) is 11.5 Å². The number of hydrogen-bond acceptors (Lipinski definition) is 6. The summed E-state index contributed by atoms with van der Waals surface area (Å²) in [5.41, 5.74) is 3.11. The van der Waals surface area contributed by atoms with Crippen molar-refractivity contribution in [2.24, 2.45) is 0 Å². The molecule has 0 bridgehead atoms. The van der Waals surface area contributed by atoms with E-state index >= 15 is 0 Å². The Labute approximate surface area is 194 Å². The molecule has 3 aromatic rings. The van der Waals surface area contributed by atoms with Gasteiger partial charge in [0.2, 0.25) is 11.9 Å². The van der Waals surface area contributed by atoms with Gasteiger partial charge in [-0.3, -0.25) is 4.79 Å². The fourth-order valence-electron chi connectivity index (χ4n) is 3.59.